The lowest BCUT2D eigenvalue weighted by molar-refractivity contribution is -0.135. The van der Waals surface area contributed by atoms with Crippen LogP contribution in [0.15, 0.2) is 18.2 Å². The number of methoxy groups -OCH3 is 2. The molecule has 1 aliphatic carbocycles. The molecule has 2 rings (SSSR count). The molecule has 1 aromatic rings. The van der Waals surface area contributed by atoms with Gasteiger partial charge in [-0.2, -0.15) is 0 Å². The summed E-state index contributed by atoms with van der Waals surface area (Å²) in [5.41, 5.74) is 0.406. The van der Waals surface area contributed by atoms with Crippen LogP contribution in [0.3, 0.4) is 0 Å². The number of carbonyl (C=O) groups is 2. The number of hydrogen-bond acceptors (Lipinski definition) is 4. The van der Waals surface area contributed by atoms with E-state index in [4.69, 9.17) is 9.47 Å². The van der Waals surface area contributed by atoms with Crippen molar-refractivity contribution in [1.29, 1.82) is 0 Å². The molecule has 6 heteroatoms. The smallest absolute Gasteiger partial charge is 0.252 e. The molecule has 1 atom stereocenters. The summed E-state index contributed by atoms with van der Waals surface area (Å²) in [5, 5.41) is 2.90. The molecule has 0 aliphatic heterocycles. The van der Waals surface area contributed by atoms with Gasteiger partial charge in [-0.1, -0.05) is 26.7 Å². The second kappa shape index (κ2) is 8.92. The van der Waals surface area contributed by atoms with Gasteiger partial charge in [0.1, 0.15) is 17.5 Å². The van der Waals surface area contributed by atoms with Crippen molar-refractivity contribution in [2.24, 2.45) is 5.92 Å². The van der Waals surface area contributed by atoms with Crippen LogP contribution >= 0.6 is 0 Å². The van der Waals surface area contributed by atoms with Crippen LogP contribution in [0.1, 0.15) is 49.9 Å². The van der Waals surface area contributed by atoms with Gasteiger partial charge in [0.15, 0.2) is 0 Å². The lowest BCUT2D eigenvalue weighted by Gasteiger charge is -2.31. The SMILES string of the molecule is COc1cc(OC)cc(C(=O)N[C@@H](C(=O)N(C)C2CCCC2)C(C)C)c1. The average Bonchev–Trinajstić information content (AvgIpc) is 3.18. The molecule has 0 radical (unpaired) electrons. The minimum Gasteiger partial charge on any atom is -0.497 e. The fraction of sp³-hybridized carbons (Fsp3) is 0.600. The summed E-state index contributed by atoms with van der Waals surface area (Å²) in [6.45, 7) is 3.88. The molecule has 0 bridgehead atoms. The molecule has 1 fully saturated rings. The van der Waals surface area contributed by atoms with Gasteiger partial charge in [-0.05, 0) is 30.9 Å². The summed E-state index contributed by atoms with van der Waals surface area (Å²) in [5.74, 6) is 0.710. The van der Waals surface area contributed by atoms with E-state index < -0.39 is 6.04 Å². The Morgan fingerprint density at radius 2 is 1.62 bits per heavy atom. The molecule has 1 aromatic carbocycles. The van der Waals surface area contributed by atoms with E-state index >= 15 is 0 Å². The van der Waals surface area contributed by atoms with Crippen LogP contribution in [0, 0.1) is 5.92 Å². The van der Waals surface area contributed by atoms with E-state index in [9.17, 15) is 9.59 Å². The Balaban J connectivity index is 2.16. The average molecular weight is 362 g/mol. The Morgan fingerprint density at radius 1 is 1.08 bits per heavy atom. The number of carbonyl (C=O) groups excluding carboxylic acids is 2. The van der Waals surface area contributed by atoms with Crippen LogP contribution in [0.4, 0.5) is 0 Å². The third kappa shape index (κ3) is 4.68. The zero-order chi connectivity index (χ0) is 19.3. The van der Waals surface area contributed by atoms with E-state index in [-0.39, 0.29) is 23.8 Å². The summed E-state index contributed by atoms with van der Waals surface area (Å²) in [4.78, 5) is 27.5. The van der Waals surface area contributed by atoms with Crippen LogP contribution in [-0.4, -0.2) is 50.1 Å². The van der Waals surface area contributed by atoms with Gasteiger partial charge in [-0.25, -0.2) is 0 Å². The second-order valence-corrected chi connectivity index (χ2v) is 7.18. The minimum atomic E-state index is -0.565. The highest BCUT2D eigenvalue weighted by molar-refractivity contribution is 5.98. The van der Waals surface area contributed by atoms with Gasteiger partial charge in [0.05, 0.1) is 14.2 Å². The molecular formula is C20H30N2O4. The van der Waals surface area contributed by atoms with Crippen molar-refractivity contribution in [2.45, 2.75) is 51.6 Å². The van der Waals surface area contributed by atoms with Crippen molar-refractivity contribution in [2.75, 3.05) is 21.3 Å². The van der Waals surface area contributed by atoms with Crippen molar-refractivity contribution in [3.8, 4) is 11.5 Å². The first-order valence-electron chi connectivity index (χ1n) is 9.18. The normalized spacial score (nSPS) is 15.6. The maximum atomic E-state index is 12.9. The molecule has 0 unspecified atom stereocenters. The summed E-state index contributed by atoms with van der Waals surface area (Å²) in [7, 11) is 4.91. The fourth-order valence-corrected chi connectivity index (χ4v) is 3.37. The van der Waals surface area contributed by atoms with Gasteiger partial charge >= 0.3 is 0 Å². The molecule has 0 heterocycles. The first-order chi connectivity index (χ1) is 12.4. The Bertz CT molecular complexity index is 616. The second-order valence-electron chi connectivity index (χ2n) is 7.18. The number of nitrogens with zero attached hydrogens (tertiary/aromatic N) is 1. The monoisotopic (exact) mass is 362 g/mol. The molecule has 144 valence electrons. The molecule has 2 amide bonds. The van der Waals surface area contributed by atoms with Gasteiger partial charge in [-0.3, -0.25) is 9.59 Å². The van der Waals surface area contributed by atoms with Crippen molar-refractivity contribution >= 4 is 11.8 Å². The third-order valence-electron chi connectivity index (χ3n) is 5.05. The highest BCUT2D eigenvalue weighted by atomic mass is 16.5. The first-order valence-corrected chi connectivity index (χ1v) is 9.18. The van der Waals surface area contributed by atoms with Crippen LogP contribution in [-0.2, 0) is 4.79 Å². The molecule has 0 spiro atoms. The third-order valence-corrected chi connectivity index (χ3v) is 5.05. The number of likely N-dealkylation sites (N-methyl/N-ethyl adjacent to an activating group) is 1. The van der Waals surface area contributed by atoms with Crippen LogP contribution < -0.4 is 14.8 Å². The van der Waals surface area contributed by atoms with Crippen molar-refractivity contribution in [1.82, 2.24) is 10.2 Å². The molecule has 1 saturated carbocycles. The number of hydrogen-bond donors (Lipinski definition) is 1. The molecule has 1 N–H and O–H groups in total. The van der Waals surface area contributed by atoms with E-state index in [1.807, 2.05) is 25.8 Å². The molecule has 26 heavy (non-hydrogen) atoms. The summed E-state index contributed by atoms with van der Waals surface area (Å²) >= 11 is 0. The maximum Gasteiger partial charge on any atom is 0.252 e. The van der Waals surface area contributed by atoms with E-state index in [0.717, 1.165) is 25.7 Å². The summed E-state index contributed by atoms with van der Waals surface area (Å²) in [6.07, 6.45) is 4.39. The quantitative estimate of drug-likeness (QED) is 0.810. The minimum absolute atomic E-state index is 0.0113. The Hall–Kier alpha value is -2.24. The predicted octanol–water partition coefficient (Wildman–Crippen LogP) is 2.86. The number of amides is 2. The number of ether oxygens (including phenoxy) is 2. The molecule has 0 aromatic heterocycles. The molecule has 0 saturated heterocycles. The number of rotatable bonds is 7. The summed E-state index contributed by atoms with van der Waals surface area (Å²) < 4.78 is 10.4. The summed E-state index contributed by atoms with van der Waals surface area (Å²) in [6, 6.07) is 4.69. The zero-order valence-corrected chi connectivity index (χ0v) is 16.4. The van der Waals surface area contributed by atoms with Gasteiger partial charge < -0.3 is 19.7 Å². The highest BCUT2D eigenvalue weighted by Gasteiger charge is 2.31. The molecule has 1 aliphatic rings. The number of benzene rings is 1. The first kappa shape index (κ1) is 20.1. The highest BCUT2D eigenvalue weighted by Crippen LogP contribution is 2.25. The molecule has 6 nitrogen and oxygen atoms in total. The standard InChI is InChI=1S/C20H30N2O4/c1-13(2)18(20(24)22(3)15-8-6-7-9-15)21-19(23)14-10-16(25-4)12-17(11-14)26-5/h10-13,15,18H,6-9H2,1-5H3,(H,21,23)/t18-/m1/s1. The van der Waals surface area contributed by atoms with E-state index in [1.165, 1.54) is 14.2 Å². The Labute approximate surface area is 155 Å². The van der Waals surface area contributed by atoms with E-state index in [2.05, 4.69) is 5.32 Å². The molecular weight excluding hydrogens is 332 g/mol. The Kier molecular flexibility index (Phi) is 6.89. The van der Waals surface area contributed by atoms with E-state index in [1.54, 1.807) is 18.2 Å². The number of nitrogens with one attached hydrogen (secondary N) is 1. The van der Waals surface area contributed by atoms with Crippen molar-refractivity contribution in [3.63, 3.8) is 0 Å². The van der Waals surface area contributed by atoms with Gasteiger partial charge in [-0.15, -0.1) is 0 Å². The zero-order valence-electron chi connectivity index (χ0n) is 16.4. The maximum absolute atomic E-state index is 12.9. The van der Waals surface area contributed by atoms with Gasteiger partial charge in [0.2, 0.25) is 5.91 Å². The van der Waals surface area contributed by atoms with Crippen molar-refractivity contribution in [3.05, 3.63) is 23.8 Å². The van der Waals surface area contributed by atoms with Gasteiger partial charge in [0, 0.05) is 24.7 Å². The van der Waals surface area contributed by atoms with Gasteiger partial charge in [0.25, 0.3) is 5.91 Å². The van der Waals surface area contributed by atoms with Crippen molar-refractivity contribution < 1.29 is 19.1 Å². The van der Waals surface area contributed by atoms with Crippen LogP contribution in [0.5, 0.6) is 11.5 Å². The van der Waals surface area contributed by atoms with Crippen LogP contribution in [0.25, 0.3) is 0 Å². The van der Waals surface area contributed by atoms with E-state index in [0.29, 0.717) is 17.1 Å². The fourth-order valence-electron chi connectivity index (χ4n) is 3.37. The lowest BCUT2D eigenvalue weighted by Crippen LogP contribution is -2.52. The lowest BCUT2D eigenvalue weighted by atomic mass is 10.0. The van der Waals surface area contributed by atoms with Crippen LogP contribution in [0.2, 0.25) is 0 Å². The topological polar surface area (TPSA) is 67.9 Å². The largest absolute Gasteiger partial charge is 0.497 e. The predicted molar refractivity (Wildman–Crippen MR) is 101 cm³/mol. The Morgan fingerprint density at radius 3 is 2.08 bits per heavy atom.